The number of Topliss-reactive ketones (excluding diaryl/α,β-unsaturated/α-hetero) is 1. The topological polar surface area (TPSA) is 72.8 Å². The number of hydrogen-bond donors (Lipinski definition) is 1. The van der Waals surface area contributed by atoms with Gasteiger partial charge in [-0.15, -0.1) is 0 Å². The van der Waals surface area contributed by atoms with Crippen molar-refractivity contribution in [2.24, 2.45) is 17.8 Å². The fraction of sp³-hybridized carbons (Fsp3) is 0.692. The molecule has 5 heteroatoms. The van der Waals surface area contributed by atoms with Crippen LogP contribution in [0.25, 0.3) is 0 Å². The molecule has 1 fully saturated rings. The van der Waals surface area contributed by atoms with E-state index < -0.39 is 11.9 Å². The molecule has 0 aromatic heterocycles. The monoisotopic (exact) mass is 252 g/mol. The van der Waals surface area contributed by atoms with Gasteiger partial charge in [0.15, 0.2) is 5.78 Å². The Hall–Kier alpha value is -1.36. The van der Waals surface area contributed by atoms with Crippen LogP contribution in [0.4, 0.5) is 0 Å². The molecule has 0 aromatic rings. The molecular weight excluding hydrogens is 236 g/mol. The van der Waals surface area contributed by atoms with Crippen molar-refractivity contribution in [1.82, 2.24) is 0 Å². The molecule has 0 radical (unpaired) electrons. The zero-order valence-corrected chi connectivity index (χ0v) is 10.2. The predicted octanol–water partition coefficient (Wildman–Crippen LogP) is 1.33. The summed E-state index contributed by atoms with van der Waals surface area (Å²) in [7, 11) is 0. The summed E-state index contributed by atoms with van der Waals surface area (Å²) in [6.45, 7) is 2.67. The molecule has 0 amide bonds. The first kappa shape index (κ1) is 11.7. The highest BCUT2D eigenvalue weighted by atomic mass is 16.7. The smallest absolute Gasteiger partial charge is 0.307 e. The Labute approximate surface area is 105 Å². The molecule has 0 bridgehead atoms. The summed E-state index contributed by atoms with van der Waals surface area (Å²) in [6.07, 6.45) is 1.02. The van der Waals surface area contributed by atoms with Gasteiger partial charge in [0, 0.05) is 24.3 Å². The molecule has 0 spiro atoms. The summed E-state index contributed by atoms with van der Waals surface area (Å²) in [5.74, 6) is -0.754. The van der Waals surface area contributed by atoms with Crippen molar-refractivity contribution in [2.45, 2.75) is 32.5 Å². The number of carbonyl (C=O) groups is 2. The van der Waals surface area contributed by atoms with E-state index in [1.54, 1.807) is 0 Å². The van der Waals surface area contributed by atoms with Crippen molar-refractivity contribution in [3.63, 3.8) is 0 Å². The minimum Gasteiger partial charge on any atom is -0.481 e. The van der Waals surface area contributed by atoms with Crippen LogP contribution in [-0.2, 0) is 19.1 Å². The summed E-state index contributed by atoms with van der Waals surface area (Å²) in [4.78, 5) is 23.1. The molecule has 3 rings (SSSR count). The molecule has 4 atom stereocenters. The maximum atomic E-state index is 12.1. The lowest BCUT2D eigenvalue weighted by molar-refractivity contribution is -0.150. The van der Waals surface area contributed by atoms with Crippen LogP contribution in [0.5, 0.6) is 0 Å². The van der Waals surface area contributed by atoms with Crippen LogP contribution in [0.2, 0.25) is 0 Å². The van der Waals surface area contributed by atoms with E-state index >= 15 is 0 Å². The van der Waals surface area contributed by atoms with E-state index in [2.05, 4.69) is 0 Å². The number of carboxylic acid groups (broad SMARTS) is 1. The standard InChI is InChI=1S/C13H16O5/c1-6-8-2-3-17-13(8)18-10-5-7(12(15)16)4-9(14)11(6)10/h6-8,13H,2-5H2,1H3,(H,15,16). The van der Waals surface area contributed by atoms with Gasteiger partial charge in [-0.3, -0.25) is 9.59 Å². The van der Waals surface area contributed by atoms with E-state index in [1.807, 2.05) is 6.92 Å². The summed E-state index contributed by atoms with van der Waals surface area (Å²) in [6, 6.07) is 0. The van der Waals surface area contributed by atoms with Crippen LogP contribution in [0.15, 0.2) is 11.3 Å². The highest BCUT2D eigenvalue weighted by Gasteiger charge is 2.46. The molecule has 4 unspecified atom stereocenters. The molecule has 2 heterocycles. The summed E-state index contributed by atoms with van der Waals surface area (Å²) >= 11 is 0. The molecule has 2 aliphatic heterocycles. The van der Waals surface area contributed by atoms with Crippen LogP contribution in [0.1, 0.15) is 26.2 Å². The van der Waals surface area contributed by atoms with E-state index in [-0.39, 0.29) is 30.3 Å². The number of allylic oxidation sites excluding steroid dienone is 2. The third-order valence-corrected chi connectivity index (χ3v) is 4.25. The maximum Gasteiger partial charge on any atom is 0.307 e. The zero-order valence-electron chi connectivity index (χ0n) is 10.2. The van der Waals surface area contributed by atoms with Crippen molar-refractivity contribution in [1.29, 1.82) is 0 Å². The van der Waals surface area contributed by atoms with Crippen molar-refractivity contribution >= 4 is 11.8 Å². The molecule has 1 aliphatic carbocycles. The Balaban J connectivity index is 1.93. The lowest BCUT2D eigenvalue weighted by Gasteiger charge is -2.37. The number of aliphatic carboxylic acids is 1. The van der Waals surface area contributed by atoms with Gasteiger partial charge >= 0.3 is 5.97 Å². The van der Waals surface area contributed by atoms with Gasteiger partial charge in [0.1, 0.15) is 5.76 Å². The largest absolute Gasteiger partial charge is 0.481 e. The number of ether oxygens (including phenoxy) is 2. The van der Waals surface area contributed by atoms with E-state index in [4.69, 9.17) is 14.6 Å². The molecular formula is C13H16O5. The summed E-state index contributed by atoms with van der Waals surface area (Å²) < 4.78 is 11.2. The van der Waals surface area contributed by atoms with E-state index in [1.165, 1.54) is 0 Å². The first-order chi connectivity index (χ1) is 8.58. The second-order valence-corrected chi connectivity index (χ2v) is 5.30. The SMILES string of the molecule is CC1C2=C(CC(C(=O)O)CC2=O)OC2OCCC21. The van der Waals surface area contributed by atoms with Gasteiger partial charge in [0.2, 0.25) is 6.29 Å². The van der Waals surface area contributed by atoms with Crippen molar-refractivity contribution < 1.29 is 24.2 Å². The van der Waals surface area contributed by atoms with Crippen molar-refractivity contribution in [2.75, 3.05) is 6.61 Å². The molecule has 0 aromatic carbocycles. The highest BCUT2D eigenvalue weighted by Crippen LogP contribution is 2.44. The minimum absolute atomic E-state index is 0.0681. The summed E-state index contributed by atoms with van der Waals surface area (Å²) in [5.41, 5.74) is 0.708. The third kappa shape index (κ3) is 1.65. The Morgan fingerprint density at radius 1 is 1.39 bits per heavy atom. The number of fused-ring (bicyclic) bond motifs is 1. The van der Waals surface area contributed by atoms with Crippen LogP contribution < -0.4 is 0 Å². The first-order valence-electron chi connectivity index (χ1n) is 6.35. The van der Waals surface area contributed by atoms with Crippen molar-refractivity contribution in [3.8, 4) is 0 Å². The van der Waals surface area contributed by atoms with E-state index in [9.17, 15) is 9.59 Å². The van der Waals surface area contributed by atoms with Crippen LogP contribution in [0.3, 0.4) is 0 Å². The number of rotatable bonds is 1. The van der Waals surface area contributed by atoms with Crippen LogP contribution in [-0.4, -0.2) is 29.8 Å². The van der Waals surface area contributed by atoms with E-state index in [0.29, 0.717) is 24.4 Å². The third-order valence-electron chi connectivity index (χ3n) is 4.25. The Bertz CT molecular complexity index is 439. The van der Waals surface area contributed by atoms with E-state index in [0.717, 1.165) is 6.42 Å². The maximum absolute atomic E-state index is 12.1. The fourth-order valence-corrected chi connectivity index (χ4v) is 3.23. The normalized spacial score (nSPS) is 39.1. The minimum atomic E-state index is -0.930. The second-order valence-electron chi connectivity index (χ2n) is 5.30. The first-order valence-corrected chi connectivity index (χ1v) is 6.35. The Morgan fingerprint density at radius 3 is 2.89 bits per heavy atom. The molecule has 1 N–H and O–H groups in total. The molecule has 0 saturated carbocycles. The lowest BCUT2D eigenvalue weighted by Crippen LogP contribution is -2.38. The Kier molecular flexibility index (Phi) is 2.66. The van der Waals surface area contributed by atoms with Crippen LogP contribution in [0, 0.1) is 17.8 Å². The average molecular weight is 252 g/mol. The number of carbonyl (C=O) groups excluding carboxylic acids is 1. The van der Waals surface area contributed by atoms with Gasteiger partial charge in [0.25, 0.3) is 0 Å². The molecule has 3 aliphatic rings. The zero-order chi connectivity index (χ0) is 12.9. The number of carboxylic acids is 1. The van der Waals surface area contributed by atoms with Gasteiger partial charge in [0.05, 0.1) is 12.5 Å². The van der Waals surface area contributed by atoms with Crippen molar-refractivity contribution in [3.05, 3.63) is 11.3 Å². The molecule has 18 heavy (non-hydrogen) atoms. The second kappa shape index (κ2) is 4.09. The summed E-state index contributed by atoms with van der Waals surface area (Å²) in [5, 5.41) is 9.04. The Morgan fingerprint density at radius 2 is 2.17 bits per heavy atom. The van der Waals surface area contributed by atoms with Crippen LogP contribution >= 0.6 is 0 Å². The average Bonchev–Trinajstić information content (AvgIpc) is 2.76. The predicted molar refractivity (Wildman–Crippen MR) is 60.5 cm³/mol. The fourth-order valence-electron chi connectivity index (χ4n) is 3.23. The number of ketones is 1. The van der Waals surface area contributed by atoms with Gasteiger partial charge in [-0.25, -0.2) is 0 Å². The highest BCUT2D eigenvalue weighted by molar-refractivity contribution is 5.99. The molecule has 98 valence electrons. The van der Waals surface area contributed by atoms with Gasteiger partial charge in [-0.05, 0) is 12.3 Å². The van der Waals surface area contributed by atoms with Gasteiger partial charge in [-0.2, -0.15) is 0 Å². The molecule has 1 saturated heterocycles. The molecule has 5 nitrogen and oxygen atoms in total. The van der Waals surface area contributed by atoms with Gasteiger partial charge in [-0.1, -0.05) is 6.92 Å². The lowest BCUT2D eigenvalue weighted by atomic mass is 9.75. The number of hydrogen-bond acceptors (Lipinski definition) is 4. The van der Waals surface area contributed by atoms with Gasteiger partial charge < -0.3 is 14.6 Å². The quantitative estimate of drug-likeness (QED) is 0.762.